The zero-order valence-corrected chi connectivity index (χ0v) is 11.5. The Morgan fingerprint density at radius 3 is 2.89 bits per heavy atom. The van der Waals surface area contributed by atoms with Crippen molar-refractivity contribution in [2.75, 3.05) is 11.4 Å². The maximum atomic E-state index is 12.4. The van der Waals surface area contributed by atoms with E-state index in [0.717, 1.165) is 0 Å². The van der Waals surface area contributed by atoms with Crippen LogP contribution >= 0.6 is 22.9 Å². The number of ketones is 1. The summed E-state index contributed by atoms with van der Waals surface area (Å²) in [5.74, 6) is -0.0289. The van der Waals surface area contributed by atoms with Gasteiger partial charge in [-0.05, 0) is 29.6 Å². The highest BCUT2D eigenvalue weighted by atomic mass is 35.5. The van der Waals surface area contributed by atoms with Crippen LogP contribution in [0.15, 0.2) is 35.7 Å². The van der Waals surface area contributed by atoms with Crippen LogP contribution in [-0.4, -0.2) is 18.2 Å². The van der Waals surface area contributed by atoms with Gasteiger partial charge in [-0.15, -0.1) is 11.3 Å². The lowest BCUT2D eigenvalue weighted by molar-refractivity contribution is 0.0957. The number of carbonyl (C=O) groups is 2. The summed E-state index contributed by atoms with van der Waals surface area (Å²) in [7, 11) is 0. The van der Waals surface area contributed by atoms with E-state index in [1.807, 2.05) is 11.4 Å². The van der Waals surface area contributed by atoms with Gasteiger partial charge in [0.05, 0.1) is 10.6 Å². The van der Waals surface area contributed by atoms with Crippen molar-refractivity contribution in [1.29, 1.82) is 0 Å². The average Bonchev–Trinajstić information content (AvgIpc) is 2.93. The van der Waals surface area contributed by atoms with Gasteiger partial charge >= 0.3 is 0 Å². The number of carbonyl (C=O) groups excluding carboxylic acids is 2. The molecule has 0 N–H and O–H groups in total. The van der Waals surface area contributed by atoms with E-state index in [1.165, 1.54) is 11.3 Å². The van der Waals surface area contributed by atoms with E-state index in [1.54, 1.807) is 29.2 Å². The van der Waals surface area contributed by atoms with Crippen LogP contribution in [0.4, 0.5) is 5.69 Å². The third-order valence-electron chi connectivity index (χ3n) is 3.09. The molecule has 19 heavy (non-hydrogen) atoms. The molecule has 0 atom stereocenters. The minimum Gasteiger partial charge on any atom is -0.306 e. The molecule has 0 radical (unpaired) electrons. The molecule has 0 bridgehead atoms. The first-order valence-corrected chi connectivity index (χ1v) is 7.11. The van der Waals surface area contributed by atoms with Crippen LogP contribution in [-0.2, 0) is 0 Å². The van der Waals surface area contributed by atoms with Crippen molar-refractivity contribution in [2.24, 2.45) is 0 Å². The highest BCUT2D eigenvalue weighted by Crippen LogP contribution is 2.31. The average molecular weight is 292 g/mol. The molecule has 96 valence electrons. The van der Waals surface area contributed by atoms with Gasteiger partial charge in [-0.2, -0.15) is 0 Å². The minimum atomic E-state index is -0.0638. The first-order chi connectivity index (χ1) is 9.16. The number of thiophene rings is 1. The second kappa shape index (κ2) is 4.79. The van der Waals surface area contributed by atoms with Crippen LogP contribution < -0.4 is 4.90 Å². The van der Waals surface area contributed by atoms with Gasteiger partial charge in [0.2, 0.25) is 0 Å². The van der Waals surface area contributed by atoms with Crippen molar-refractivity contribution in [3.63, 3.8) is 0 Å². The third kappa shape index (κ3) is 2.17. The summed E-state index contributed by atoms with van der Waals surface area (Å²) < 4.78 is 0. The van der Waals surface area contributed by atoms with Crippen LogP contribution in [0.1, 0.15) is 26.5 Å². The molecule has 2 heterocycles. The summed E-state index contributed by atoms with van der Waals surface area (Å²) in [5.41, 5.74) is 1.18. The lowest BCUT2D eigenvalue weighted by Crippen LogP contribution is -2.37. The maximum absolute atomic E-state index is 12.4. The van der Waals surface area contributed by atoms with Crippen LogP contribution in [0.5, 0.6) is 0 Å². The van der Waals surface area contributed by atoms with Gasteiger partial charge in [0, 0.05) is 23.6 Å². The number of hydrogen-bond acceptors (Lipinski definition) is 3. The van der Waals surface area contributed by atoms with Gasteiger partial charge in [0.25, 0.3) is 5.91 Å². The Kier molecular flexibility index (Phi) is 3.12. The Hall–Kier alpha value is -1.65. The Morgan fingerprint density at radius 1 is 1.32 bits per heavy atom. The van der Waals surface area contributed by atoms with Crippen LogP contribution in [0.25, 0.3) is 0 Å². The van der Waals surface area contributed by atoms with Gasteiger partial charge in [-0.25, -0.2) is 0 Å². The first-order valence-electron chi connectivity index (χ1n) is 5.85. The molecule has 0 unspecified atom stereocenters. The van der Waals surface area contributed by atoms with Crippen molar-refractivity contribution in [2.45, 2.75) is 6.42 Å². The molecule has 0 spiro atoms. The zero-order chi connectivity index (χ0) is 13.4. The first kappa shape index (κ1) is 12.4. The summed E-state index contributed by atoms with van der Waals surface area (Å²) in [5, 5.41) is 2.38. The molecule has 1 aliphatic rings. The number of amides is 1. The normalized spacial score (nSPS) is 14.4. The van der Waals surface area contributed by atoms with Crippen molar-refractivity contribution in [3.8, 4) is 0 Å². The van der Waals surface area contributed by atoms with Gasteiger partial charge in [0.1, 0.15) is 0 Å². The molecule has 3 nitrogen and oxygen atoms in total. The Morgan fingerprint density at radius 2 is 2.16 bits per heavy atom. The van der Waals surface area contributed by atoms with E-state index < -0.39 is 0 Å². The molecule has 5 heteroatoms. The van der Waals surface area contributed by atoms with Gasteiger partial charge in [-0.3, -0.25) is 9.59 Å². The van der Waals surface area contributed by atoms with Crippen LogP contribution in [0, 0.1) is 0 Å². The van der Waals surface area contributed by atoms with E-state index in [9.17, 15) is 9.59 Å². The van der Waals surface area contributed by atoms with Gasteiger partial charge < -0.3 is 4.90 Å². The van der Waals surface area contributed by atoms with E-state index in [0.29, 0.717) is 34.1 Å². The topological polar surface area (TPSA) is 37.4 Å². The lowest BCUT2D eigenvalue weighted by atomic mass is 10.0. The number of hydrogen-bond donors (Lipinski definition) is 0. The molecule has 1 aliphatic heterocycles. The fraction of sp³-hybridized carbons (Fsp3) is 0.143. The Balaban J connectivity index is 2.04. The zero-order valence-electron chi connectivity index (χ0n) is 9.93. The van der Waals surface area contributed by atoms with Crippen molar-refractivity contribution < 1.29 is 9.59 Å². The Bertz CT molecular complexity index is 651. The number of rotatable bonds is 1. The number of fused-ring (bicyclic) bond motifs is 1. The predicted octanol–water partition coefficient (Wildman–Crippen LogP) is 3.63. The fourth-order valence-corrected chi connectivity index (χ4v) is 3.02. The molecule has 2 aromatic rings. The van der Waals surface area contributed by atoms with Crippen LogP contribution in [0.2, 0.25) is 5.02 Å². The monoisotopic (exact) mass is 291 g/mol. The molecule has 1 aromatic carbocycles. The number of Topliss-reactive ketones (excluding diaryl/α,β-unsaturated/α-hetero) is 1. The molecule has 1 amide bonds. The largest absolute Gasteiger partial charge is 0.306 e. The molecule has 0 aliphatic carbocycles. The minimum absolute atomic E-state index is 0.0349. The van der Waals surface area contributed by atoms with Crippen molar-refractivity contribution in [3.05, 3.63) is 51.2 Å². The Labute approximate surface area is 119 Å². The lowest BCUT2D eigenvalue weighted by Gasteiger charge is -2.28. The third-order valence-corrected chi connectivity index (χ3v) is 4.18. The predicted molar refractivity (Wildman–Crippen MR) is 76.4 cm³/mol. The van der Waals surface area contributed by atoms with Crippen LogP contribution in [0.3, 0.4) is 0 Å². The van der Waals surface area contributed by atoms with Crippen molar-refractivity contribution in [1.82, 2.24) is 0 Å². The summed E-state index contributed by atoms with van der Waals surface area (Å²) in [6.45, 7) is 0.421. The highest BCUT2D eigenvalue weighted by Gasteiger charge is 2.28. The fourth-order valence-electron chi connectivity index (χ4n) is 2.18. The molecule has 1 aromatic heterocycles. The quantitative estimate of drug-likeness (QED) is 0.804. The van der Waals surface area contributed by atoms with E-state index in [4.69, 9.17) is 11.6 Å². The van der Waals surface area contributed by atoms with E-state index in [2.05, 4.69) is 0 Å². The summed E-state index contributed by atoms with van der Waals surface area (Å²) in [6, 6.07) is 8.70. The maximum Gasteiger partial charge on any atom is 0.268 e. The molecule has 0 fully saturated rings. The summed E-state index contributed by atoms with van der Waals surface area (Å²) in [4.78, 5) is 26.6. The second-order valence-corrected chi connectivity index (χ2v) is 5.65. The summed E-state index contributed by atoms with van der Waals surface area (Å²) in [6.07, 6.45) is 0.338. The van der Waals surface area contributed by atoms with Gasteiger partial charge in [0.15, 0.2) is 5.78 Å². The molecule has 0 saturated carbocycles. The van der Waals surface area contributed by atoms with E-state index in [-0.39, 0.29) is 11.7 Å². The van der Waals surface area contributed by atoms with Gasteiger partial charge in [-0.1, -0.05) is 17.7 Å². The SMILES string of the molecule is O=C1CCN(C(=O)c2cccs2)c2ccc(Cl)cc21. The number of nitrogens with zero attached hydrogens (tertiary/aromatic N) is 1. The molecular weight excluding hydrogens is 282 g/mol. The standard InChI is InChI=1S/C14H10ClNO2S/c15-9-3-4-11-10(8-9)12(17)5-6-16(11)14(18)13-2-1-7-19-13/h1-4,7-8H,5-6H2. The summed E-state index contributed by atoms with van der Waals surface area (Å²) >= 11 is 7.32. The molecular formula is C14H10ClNO2S. The number of halogens is 1. The molecule has 0 saturated heterocycles. The highest BCUT2D eigenvalue weighted by molar-refractivity contribution is 7.12. The van der Waals surface area contributed by atoms with Crippen molar-refractivity contribution >= 4 is 40.3 Å². The van der Waals surface area contributed by atoms with E-state index >= 15 is 0 Å². The number of benzene rings is 1. The number of anilines is 1. The second-order valence-electron chi connectivity index (χ2n) is 4.27. The molecule has 3 rings (SSSR count). The smallest absolute Gasteiger partial charge is 0.268 e.